The van der Waals surface area contributed by atoms with Crippen LogP contribution in [0.2, 0.25) is 0 Å². The molecule has 0 radical (unpaired) electrons. The van der Waals surface area contributed by atoms with Crippen molar-refractivity contribution in [2.45, 2.75) is 38.1 Å². The first-order chi connectivity index (χ1) is 15.7. The SMILES string of the molecule is COc1ccc(CCC2CCCCN2C(=O)Nc2nnc(-c3ccccc3)s2)cc1OC. The molecule has 32 heavy (non-hydrogen) atoms. The smallest absolute Gasteiger partial charge is 0.323 e. The monoisotopic (exact) mass is 452 g/mol. The van der Waals surface area contributed by atoms with E-state index in [0.29, 0.717) is 5.13 Å². The summed E-state index contributed by atoms with van der Waals surface area (Å²) in [6.07, 6.45) is 4.93. The molecule has 0 saturated carbocycles. The van der Waals surface area contributed by atoms with Crippen molar-refractivity contribution in [3.63, 3.8) is 0 Å². The number of likely N-dealkylation sites (tertiary alicyclic amines) is 1. The Hall–Kier alpha value is -3.13. The molecule has 1 saturated heterocycles. The first kappa shape index (κ1) is 22.1. The fraction of sp³-hybridized carbons (Fsp3) is 0.375. The summed E-state index contributed by atoms with van der Waals surface area (Å²) >= 11 is 1.39. The number of hydrogen-bond donors (Lipinski definition) is 1. The maximum absolute atomic E-state index is 13.0. The third kappa shape index (κ3) is 5.19. The number of rotatable bonds is 7. The Morgan fingerprint density at radius 2 is 1.91 bits per heavy atom. The Morgan fingerprint density at radius 3 is 2.69 bits per heavy atom. The van der Waals surface area contributed by atoms with Crippen LogP contribution in [-0.4, -0.2) is 47.9 Å². The number of methoxy groups -OCH3 is 2. The van der Waals surface area contributed by atoms with Crippen LogP contribution in [0, 0.1) is 0 Å². The number of nitrogens with one attached hydrogen (secondary N) is 1. The van der Waals surface area contributed by atoms with E-state index < -0.39 is 0 Å². The van der Waals surface area contributed by atoms with Crippen molar-refractivity contribution < 1.29 is 14.3 Å². The molecule has 4 rings (SSSR count). The standard InChI is InChI=1S/C24H28N4O3S/c1-30-20-14-12-17(16-21(20)31-2)11-13-19-10-6-7-15-28(19)24(29)25-23-27-26-22(32-23)18-8-4-3-5-9-18/h3-5,8-9,12,14,16,19H,6-7,10-11,13,15H2,1-2H3,(H,25,27,29). The lowest BCUT2D eigenvalue weighted by Gasteiger charge is -2.35. The summed E-state index contributed by atoms with van der Waals surface area (Å²) in [5.74, 6) is 1.45. The number of carbonyl (C=O) groups is 1. The summed E-state index contributed by atoms with van der Waals surface area (Å²) in [7, 11) is 3.28. The zero-order valence-corrected chi connectivity index (χ0v) is 19.2. The number of urea groups is 1. The summed E-state index contributed by atoms with van der Waals surface area (Å²) in [4.78, 5) is 15.0. The van der Waals surface area contributed by atoms with E-state index in [0.717, 1.165) is 60.7 Å². The van der Waals surface area contributed by atoms with Gasteiger partial charge >= 0.3 is 6.03 Å². The summed E-state index contributed by atoms with van der Waals surface area (Å²) < 4.78 is 10.7. The highest BCUT2D eigenvalue weighted by Gasteiger charge is 2.27. The molecule has 1 atom stereocenters. The van der Waals surface area contributed by atoms with Crippen molar-refractivity contribution in [1.82, 2.24) is 15.1 Å². The molecule has 0 aliphatic carbocycles. The predicted octanol–water partition coefficient (Wildman–Crippen LogP) is 5.24. The molecule has 7 nitrogen and oxygen atoms in total. The number of carbonyl (C=O) groups excluding carboxylic acids is 1. The molecule has 1 N–H and O–H groups in total. The minimum Gasteiger partial charge on any atom is -0.493 e. The molecule has 0 spiro atoms. The number of hydrogen-bond acceptors (Lipinski definition) is 6. The minimum absolute atomic E-state index is 0.0993. The number of benzene rings is 2. The summed E-state index contributed by atoms with van der Waals surface area (Å²) in [5, 5.41) is 12.7. The van der Waals surface area contributed by atoms with Gasteiger partial charge in [0.2, 0.25) is 5.13 Å². The van der Waals surface area contributed by atoms with Gasteiger partial charge in [-0.05, 0) is 49.8 Å². The van der Waals surface area contributed by atoms with Crippen molar-refractivity contribution in [3.05, 3.63) is 54.1 Å². The van der Waals surface area contributed by atoms with Crippen LogP contribution >= 0.6 is 11.3 Å². The highest BCUT2D eigenvalue weighted by Crippen LogP contribution is 2.30. The Labute approximate surface area is 192 Å². The molecule has 1 aliphatic heterocycles. The third-order valence-electron chi connectivity index (χ3n) is 5.76. The number of amides is 2. The van der Waals surface area contributed by atoms with E-state index in [1.54, 1.807) is 14.2 Å². The number of nitrogens with zero attached hydrogens (tertiary/aromatic N) is 3. The van der Waals surface area contributed by atoms with Gasteiger partial charge in [0.05, 0.1) is 14.2 Å². The van der Waals surface area contributed by atoms with Gasteiger partial charge in [-0.2, -0.15) is 0 Å². The molecule has 2 heterocycles. The van der Waals surface area contributed by atoms with Crippen LogP contribution in [0.4, 0.5) is 9.93 Å². The summed E-state index contributed by atoms with van der Waals surface area (Å²) in [6.45, 7) is 0.757. The van der Waals surface area contributed by atoms with Gasteiger partial charge in [0.25, 0.3) is 0 Å². The molecule has 1 unspecified atom stereocenters. The molecule has 1 aliphatic rings. The van der Waals surface area contributed by atoms with Crippen LogP contribution in [0.5, 0.6) is 11.5 Å². The first-order valence-electron chi connectivity index (χ1n) is 10.9. The zero-order chi connectivity index (χ0) is 22.3. The van der Waals surface area contributed by atoms with E-state index in [4.69, 9.17) is 9.47 Å². The second kappa shape index (κ2) is 10.5. The summed E-state index contributed by atoms with van der Waals surface area (Å²) in [5.41, 5.74) is 2.17. The lowest BCUT2D eigenvalue weighted by molar-refractivity contribution is 0.158. The average Bonchev–Trinajstić information content (AvgIpc) is 3.31. The maximum atomic E-state index is 13.0. The van der Waals surface area contributed by atoms with Crippen molar-refractivity contribution in [2.24, 2.45) is 0 Å². The Morgan fingerprint density at radius 1 is 1.09 bits per heavy atom. The molecular weight excluding hydrogens is 424 g/mol. The van der Waals surface area contributed by atoms with Gasteiger partial charge < -0.3 is 14.4 Å². The fourth-order valence-corrected chi connectivity index (χ4v) is 4.81. The number of anilines is 1. The molecule has 8 heteroatoms. The topological polar surface area (TPSA) is 76.6 Å². The molecule has 3 aromatic rings. The lowest BCUT2D eigenvalue weighted by atomic mass is 9.96. The highest BCUT2D eigenvalue weighted by atomic mass is 32.1. The molecule has 2 aromatic carbocycles. The number of piperidine rings is 1. The van der Waals surface area contributed by atoms with Gasteiger partial charge in [0, 0.05) is 18.2 Å². The molecule has 0 bridgehead atoms. The molecular formula is C24H28N4O3S. The van der Waals surface area contributed by atoms with Crippen molar-refractivity contribution >= 4 is 22.5 Å². The molecule has 2 amide bonds. The van der Waals surface area contributed by atoms with Gasteiger partial charge in [-0.3, -0.25) is 5.32 Å². The van der Waals surface area contributed by atoms with Crippen LogP contribution in [-0.2, 0) is 6.42 Å². The van der Waals surface area contributed by atoms with Crippen molar-refractivity contribution in [1.29, 1.82) is 0 Å². The highest BCUT2D eigenvalue weighted by molar-refractivity contribution is 7.18. The number of ether oxygens (including phenoxy) is 2. The van der Waals surface area contributed by atoms with Gasteiger partial charge in [-0.1, -0.05) is 47.7 Å². The number of aryl methyl sites for hydroxylation is 1. The van der Waals surface area contributed by atoms with Gasteiger partial charge in [0.1, 0.15) is 5.01 Å². The van der Waals surface area contributed by atoms with Crippen LogP contribution < -0.4 is 14.8 Å². The Kier molecular flexibility index (Phi) is 7.21. The van der Waals surface area contributed by atoms with E-state index in [1.807, 2.05) is 47.4 Å². The summed E-state index contributed by atoms with van der Waals surface area (Å²) in [6, 6.07) is 16.0. The lowest BCUT2D eigenvalue weighted by Crippen LogP contribution is -2.46. The van der Waals surface area contributed by atoms with E-state index >= 15 is 0 Å². The zero-order valence-electron chi connectivity index (χ0n) is 18.4. The van der Waals surface area contributed by atoms with E-state index in [2.05, 4.69) is 21.6 Å². The fourth-order valence-electron chi connectivity index (χ4n) is 4.07. The van der Waals surface area contributed by atoms with E-state index in [9.17, 15) is 4.79 Å². The molecule has 1 fully saturated rings. The third-order valence-corrected chi connectivity index (χ3v) is 6.65. The minimum atomic E-state index is -0.0993. The predicted molar refractivity (Wildman–Crippen MR) is 127 cm³/mol. The molecule has 168 valence electrons. The van der Waals surface area contributed by atoms with Crippen LogP contribution in [0.1, 0.15) is 31.2 Å². The van der Waals surface area contributed by atoms with E-state index in [-0.39, 0.29) is 12.1 Å². The first-order valence-corrected chi connectivity index (χ1v) is 11.7. The largest absolute Gasteiger partial charge is 0.493 e. The average molecular weight is 453 g/mol. The normalized spacial score (nSPS) is 15.9. The van der Waals surface area contributed by atoms with Gasteiger partial charge in [0.15, 0.2) is 11.5 Å². The second-order valence-electron chi connectivity index (χ2n) is 7.78. The van der Waals surface area contributed by atoms with Crippen LogP contribution in [0.25, 0.3) is 10.6 Å². The Bertz CT molecular complexity index is 1040. The van der Waals surface area contributed by atoms with Crippen LogP contribution in [0.3, 0.4) is 0 Å². The van der Waals surface area contributed by atoms with E-state index in [1.165, 1.54) is 16.9 Å². The van der Waals surface area contributed by atoms with Crippen molar-refractivity contribution in [3.8, 4) is 22.1 Å². The molecule has 1 aromatic heterocycles. The maximum Gasteiger partial charge on any atom is 0.323 e. The Balaban J connectivity index is 1.39. The number of aromatic nitrogens is 2. The quantitative estimate of drug-likeness (QED) is 0.530. The van der Waals surface area contributed by atoms with Gasteiger partial charge in [-0.15, -0.1) is 10.2 Å². The van der Waals surface area contributed by atoms with Crippen LogP contribution in [0.15, 0.2) is 48.5 Å². The van der Waals surface area contributed by atoms with Gasteiger partial charge in [-0.25, -0.2) is 4.79 Å². The second-order valence-corrected chi connectivity index (χ2v) is 8.76. The van der Waals surface area contributed by atoms with Crippen molar-refractivity contribution in [2.75, 3.05) is 26.1 Å².